The fraction of sp³-hybridized carbons (Fsp3) is 0.488. The molecule has 10 heteroatoms. The van der Waals surface area contributed by atoms with E-state index in [1.165, 1.54) is 11.1 Å². The average Bonchev–Trinajstić information content (AvgIpc) is 3.28. The molecule has 1 fully saturated rings. The number of carbonyl (C=O) groups excluding carboxylic acids is 2. The Bertz CT molecular complexity index is 2060. The summed E-state index contributed by atoms with van der Waals surface area (Å²) in [5.74, 6) is 0.307. The smallest absolute Gasteiger partial charge is 0.285 e. The normalized spacial score (nSPS) is 31.8. The maximum atomic E-state index is 14.8. The molecule has 8 rings (SSSR count). The van der Waals surface area contributed by atoms with Crippen LogP contribution in [0.4, 0.5) is 5.69 Å². The summed E-state index contributed by atoms with van der Waals surface area (Å²) in [4.78, 5) is 30.3. The van der Waals surface area contributed by atoms with Crippen LogP contribution in [-0.2, 0) is 48.9 Å². The molecule has 2 aliphatic carbocycles. The van der Waals surface area contributed by atoms with E-state index in [1.54, 1.807) is 13.2 Å². The zero-order valence-corrected chi connectivity index (χ0v) is 32.2. The van der Waals surface area contributed by atoms with Crippen molar-refractivity contribution in [3.05, 3.63) is 106 Å². The van der Waals surface area contributed by atoms with Crippen molar-refractivity contribution in [2.45, 2.75) is 76.1 Å². The molecule has 3 aliphatic heterocycles. The van der Waals surface area contributed by atoms with Crippen molar-refractivity contribution in [2.75, 3.05) is 43.2 Å². The number of halogens is 1. The number of fused-ring (bicyclic) bond motifs is 5. The van der Waals surface area contributed by atoms with Crippen LogP contribution in [0, 0.1) is 17.8 Å². The zero-order chi connectivity index (χ0) is 36.7. The molecule has 3 aromatic carbocycles. The summed E-state index contributed by atoms with van der Waals surface area (Å²) in [7, 11) is -1.51. The van der Waals surface area contributed by atoms with Crippen molar-refractivity contribution < 1.29 is 28.0 Å². The molecule has 5 aliphatic rings. The quantitative estimate of drug-likeness (QED) is 0.251. The molecule has 0 saturated heterocycles. The second-order valence-corrected chi connectivity index (χ2v) is 18.8. The van der Waals surface area contributed by atoms with Gasteiger partial charge in [-0.1, -0.05) is 61.0 Å². The molecular formula is C43H49ClN2O6S. The van der Waals surface area contributed by atoms with E-state index < -0.39 is 21.7 Å². The van der Waals surface area contributed by atoms with Crippen molar-refractivity contribution in [1.29, 1.82) is 0 Å². The third-order valence-corrected chi connectivity index (χ3v) is 14.8. The first-order valence-electron chi connectivity index (χ1n) is 19.1. The van der Waals surface area contributed by atoms with Crippen LogP contribution in [0.3, 0.4) is 0 Å². The Morgan fingerprint density at radius 2 is 1.94 bits per heavy atom. The van der Waals surface area contributed by atoms with Crippen LogP contribution in [0.1, 0.15) is 71.6 Å². The Balaban J connectivity index is 1.16. The molecule has 2 bridgehead atoms. The van der Waals surface area contributed by atoms with Gasteiger partial charge in [0.15, 0.2) is 5.78 Å². The number of aryl methyl sites for hydroxylation is 1. The summed E-state index contributed by atoms with van der Waals surface area (Å²) in [5, 5.41) is 0.746. The van der Waals surface area contributed by atoms with Crippen LogP contribution in [0.25, 0.3) is 0 Å². The summed E-state index contributed by atoms with van der Waals surface area (Å²) in [6, 6.07) is 19.6. The monoisotopic (exact) mass is 756 g/mol. The van der Waals surface area contributed by atoms with Crippen LogP contribution < -0.4 is 9.64 Å². The van der Waals surface area contributed by atoms with Gasteiger partial charge in [0, 0.05) is 48.4 Å². The topological polar surface area (TPSA) is 94.5 Å². The van der Waals surface area contributed by atoms with Gasteiger partial charge < -0.3 is 19.1 Å². The molecule has 1 saturated carbocycles. The highest BCUT2D eigenvalue weighted by atomic mass is 35.5. The van der Waals surface area contributed by atoms with Gasteiger partial charge in [-0.2, -0.15) is 4.36 Å². The summed E-state index contributed by atoms with van der Waals surface area (Å²) in [5.41, 5.74) is 5.60. The minimum Gasteiger partial charge on any atom is -0.490 e. The number of amides is 1. The van der Waals surface area contributed by atoms with E-state index in [9.17, 15) is 13.8 Å². The Morgan fingerprint density at radius 1 is 1.09 bits per heavy atom. The Kier molecular flexibility index (Phi) is 10.3. The predicted molar refractivity (Wildman–Crippen MR) is 209 cm³/mol. The molecule has 3 heterocycles. The second kappa shape index (κ2) is 15.0. The number of ketones is 1. The van der Waals surface area contributed by atoms with E-state index in [2.05, 4.69) is 33.5 Å². The number of Topliss-reactive ketones (excluding diaryl/α,β-unsaturated/α-hetero) is 1. The Morgan fingerprint density at radius 3 is 2.75 bits per heavy atom. The van der Waals surface area contributed by atoms with Crippen LogP contribution in [0.2, 0.25) is 5.02 Å². The fourth-order valence-corrected chi connectivity index (χ4v) is 11.9. The lowest BCUT2D eigenvalue weighted by molar-refractivity contribution is -0.129. The van der Waals surface area contributed by atoms with Gasteiger partial charge in [0.25, 0.3) is 5.91 Å². The van der Waals surface area contributed by atoms with Gasteiger partial charge in [-0.15, -0.1) is 0 Å². The summed E-state index contributed by atoms with van der Waals surface area (Å²) >= 11 is 6.47. The molecule has 8 nitrogen and oxygen atoms in total. The lowest BCUT2D eigenvalue weighted by Crippen LogP contribution is -2.49. The van der Waals surface area contributed by atoms with Gasteiger partial charge in [0.2, 0.25) is 0 Å². The molecule has 0 N–H and O–H groups in total. The zero-order valence-electron chi connectivity index (χ0n) is 30.6. The highest BCUT2D eigenvalue weighted by Gasteiger charge is 2.44. The summed E-state index contributed by atoms with van der Waals surface area (Å²) in [6.07, 6.45) is 9.72. The second-order valence-electron chi connectivity index (χ2n) is 16.0. The Hall–Kier alpha value is -3.50. The van der Waals surface area contributed by atoms with Crippen LogP contribution in [-0.4, -0.2) is 66.4 Å². The van der Waals surface area contributed by atoms with Gasteiger partial charge in [-0.25, -0.2) is 4.21 Å². The molecular weight excluding hydrogens is 708 g/mol. The third-order valence-electron chi connectivity index (χ3n) is 12.3. The molecule has 7 atom stereocenters. The minimum absolute atomic E-state index is 0.0436. The van der Waals surface area contributed by atoms with Gasteiger partial charge in [0.1, 0.15) is 11.9 Å². The van der Waals surface area contributed by atoms with Gasteiger partial charge >= 0.3 is 0 Å². The number of allylic oxidation sites excluding steroid dienone is 1. The molecule has 1 amide bonds. The highest BCUT2D eigenvalue weighted by Crippen LogP contribution is 2.47. The number of nitrogens with zero attached hydrogens (tertiary/aromatic N) is 2. The third kappa shape index (κ3) is 7.47. The molecule has 1 spiro atoms. The summed E-state index contributed by atoms with van der Waals surface area (Å²) in [6.45, 7) is 4.36. The minimum atomic E-state index is -3.29. The van der Waals surface area contributed by atoms with E-state index in [0.29, 0.717) is 43.5 Å². The van der Waals surface area contributed by atoms with Crippen LogP contribution in [0.5, 0.6) is 5.75 Å². The number of carbonyl (C=O) groups is 2. The van der Waals surface area contributed by atoms with E-state index >= 15 is 0 Å². The predicted octanol–water partition coefficient (Wildman–Crippen LogP) is 7.77. The molecule has 0 aromatic heterocycles. The van der Waals surface area contributed by atoms with Gasteiger partial charge in [0.05, 0.1) is 40.5 Å². The number of anilines is 1. The number of methoxy groups -OCH3 is 1. The van der Waals surface area contributed by atoms with E-state index in [-0.39, 0.29) is 34.7 Å². The van der Waals surface area contributed by atoms with Gasteiger partial charge in [-0.3, -0.25) is 9.59 Å². The lowest BCUT2D eigenvalue weighted by atomic mass is 9.68. The number of benzene rings is 3. The number of ether oxygens (including phenoxy) is 3. The van der Waals surface area contributed by atoms with Crippen molar-refractivity contribution in [1.82, 2.24) is 0 Å². The van der Waals surface area contributed by atoms with Gasteiger partial charge in [-0.05, 0) is 109 Å². The van der Waals surface area contributed by atoms with Crippen molar-refractivity contribution in [3.8, 4) is 5.75 Å². The maximum Gasteiger partial charge on any atom is 0.285 e. The van der Waals surface area contributed by atoms with E-state index in [0.717, 1.165) is 72.8 Å². The maximum absolute atomic E-state index is 14.8. The fourth-order valence-electron chi connectivity index (χ4n) is 9.34. The largest absolute Gasteiger partial charge is 0.490 e. The van der Waals surface area contributed by atoms with Crippen LogP contribution >= 0.6 is 11.6 Å². The van der Waals surface area contributed by atoms with Crippen LogP contribution in [0.15, 0.2) is 77.2 Å². The Labute approximate surface area is 318 Å². The summed E-state index contributed by atoms with van der Waals surface area (Å²) < 4.78 is 38.0. The van der Waals surface area contributed by atoms with E-state index in [4.69, 9.17) is 25.8 Å². The number of rotatable bonds is 4. The molecule has 0 radical (unpaired) electrons. The SMILES string of the molecule is CO[C@H]1/C=C/C[C@H](C)C[S@@](=O)(CC(=O)[C@H]2Cc3ccccc3CO2)=NC(=O)c2ccc3c(c2)N(C[C@@H]2CC[C@H]21)C[C@@]1(CCCc2cc(Cl)ccc21)CO3. The molecule has 53 heavy (non-hydrogen) atoms. The molecule has 0 unspecified atom stereocenters. The van der Waals surface area contributed by atoms with Crippen molar-refractivity contribution in [2.24, 2.45) is 22.1 Å². The van der Waals surface area contributed by atoms with Crippen molar-refractivity contribution >= 4 is 38.7 Å². The average molecular weight is 757 g/mol. The highest BCUT2D eigenvalue weighted by molar-refractivity contribution is 7.94. The molecule has 3 aromatic rings. The van der Waals surface area contributed by atoms with E-state index in [1.807, 2.05) is 49.4 Å². The molecule has 280 valence electrons. The lowest BCUT2D eigenvalue weighted by Gasteiger charge is -2.46. The first-order chi connectivity index (χ1) is 25.6. The number of hydrogen-bond acceptors (Lipinski definition) is 7. The first kappa shape index (κ1) is 36.5. The van der Waals surface area contributed by atoms with Crippen molar-refractivity contribution in [3.63, 3.8) is 0 Å². The first-order valence-corrected chi connectivity index (χ1v) is 21.3. The standard InChI is InChI=1S/C43H49ClN2O6S/c1-28-7-5-11-39(50-2)35-15-12-32(35)22-46-26-43(18-6-10-30-19-34(44)14-16-36(30)43)27-52-40-17-13-31(20-37(40)46)42(48)45-53(49,24-28)25-38(47)41-21-29-8-3-4-9-33(29)23-51-41/h3-5,8-9,11,13-14,16-17,19-20,28,32,35,39,41H,6-7,10,12,15,18,21-27H2,1-2H3/b11-5+/t28-,32-,35+,39-,41+,43-,53+/m0/s1. The number of hydrogen-bond donors (Lipinski definition) is 0.